The minimum absolute atomic E-state index is 0. The molecule has 2 spiro atoms. The van der Waals surface area contributed by atoms with E-state index in [9.17, 15) is 19.2 Å². The third-order valence-corrected chi connectivity index (χ3v) is 13.5. The quantitative estimate of drug-likeness (QED) is 0.452. The smallest absolute Gasteiger partial charge is 0.410 e. The summed E-state index contributed by atoms with van der Waals surface area (Å²) in [5.74, 6) is 0.452. The van der Waals surface area contributed by atoms with E-state index in [4.69, 9.17) is 9.47 Å². The molecule has 2 unspecified atom stereocenters. The minimum Gasteiger partial charge on any atom is -0.450 e. The van der Waals surface area contributed by atoms with Gasteiger partial charge in [-0.05, 0) is 128 Å². The number of piperidine rings is 4. The molecule has 8 rings (SSSR count). The van der Waals surface area contributed by atoms with E-state index in [-0.39, 0.29) is 47.2 Å². The molecular weight excluding hydrogens is 648 g/mol. The third kappa shape index (κ3) is 7.52. The Morgan fingerprint density at radius 1 is 0.612 bits per heavy atom. The highest BCUT2D eigenvalue weighted by Gasteiger charge is 2.49. The van der Waals surface area contributed by atoms with Crippen molar-refractivity contribution in [3.8, 4) is 0 Å². The zero-order chi connectivity index (χ0) is 33.5. The molecule has 0 aromatic rings. The summed E-state index contributed by atoms with van der Waals surface area (Å²) in [5, 5.41) is 6.03. The lowest BCUT2D eigenvalue weighted by Gasteiger charge is -2.46. The lowest BCUT2D eigenvalue weighted by atomic mass is 9.77. The molecule has 276 valence electrons. The van der Waals surface area contributed by atoms with Gasteiger partial charge in [0.2, 0.25) is 11.8 Å². The first-order valence-corrected chi connectivity index (χ1v) is 19.1. The van der Waals surface area contributed by atoms with Gasteiger partial charge in [-0.3, -0.25) is 9.59 Å². The van der Waals surface area contributed by atoms with E-state index < -0.39 is 0 Å². The van der Waals surface area contributed by atoms with Gasteiger partial charge in [-0.1, -0.05) is 0 Å². The number of nitrogens with zero attached hydrogens (tertiary/aromatic N) is 4. The van der Waals surface area contributed by atoms with Gasteiger partial charge in [-0.2, -0.15) is 0 Å². The monoisotopic (exact) mass is 706 g/mol. The normalized spacial score (nSPS) is 34.6. The van der Waals surface area contributed by atoms with E-state index in [0.717, 1.165) is 116 Å². The summed E-state index contributed by atoms with van der Waals surface area (Å²) in [7, 11) is 0. The average Bonchev–Trinajstić information content (AvgIpc) is 3.78. The van der Waals surface area contributed by atoms with Gasteiger partial charge in [0.15, 0.2) is 0 Å². The second kappa shape index (κ2) is 15.1. The van der Waals surface area contributed by atoms with Crippen LogP contribution in [0.2, 0.25) is 0 Å². The van der Waals surface area contributed by atoms with Crippen LogP contribution < -0.4 is 10.6 Å². The van der Waals surface area contributed by atoms with E-state index in [0.29, 0.717) is 62.3 Å². The van der Waals surface area contributed by atoms with Crippen molar-refractivity contribution >= 4 is 36.4 Å². The van der Waals surface area contributed by atoms with E-state index in [1.165, 1.54) is 0 Å². The number of hydrogen-bond donors (Lipinski definition) is 2. The molecule has 8 aliphatic heterocycles. The molecule has 0 saturated carbocycles. The van der Waals surface area contributed by atoms with E-state index in [1.807, 2.05) is 23.6 Å². The SMILES string of the molecule is CCOC(=O)N1[C@@H]2CC[C@H]1CC(N1CCC3(CC1)CNC(=O)C3)C2.CCOC(=O)N1[C@@H]2CC[C@H]1CC(N1CCC3(CC1)CNC(=O)C3)C2.Cl. The van der Waals surface area contributed by atoms with E-state index in [2.05, 4.69) is 20.4 Å². The van der Waals surface area contributed by atoms with Crippen LogP contribution in [0.5, 0.6) is 0 Å². The first-order valence-electron chi connectivity index (χ1n) is 19.1. The number of amides is 4. The van der Waals surface area contributed by atoms with Crippen LogP contribution in [0.4, 0.5) is 9.59 Å². The van der Waals surface area contributed by atoms with Gasteiger partial charge in [-0.25, -0.2) is 9.59 Å². The summed E-state index contributed by atoms with van der Waals surface area (Å²) >= 11 is 0. The molecule has 8 saturated heterocycles. The van der Waals surface area contributed by atoms with Crippen LogP contribution >= 0.6 is 12.4 Å². The molecule has 0 aliphatic carbocycles. The number of rotatable bonds is 4. The molecule has 6 atom stereocenters. The van der Waals surface area contributed by atoms with Crippen molar-refractivity contribution < 1.29 is 28.7 Å². The first-order chi connectivity index (χ1) is 23.2. The van der Waals surface area contributed by atoms with Gasteiger partial charge in [0.05, 0.1) is 13.2 Å². The molecule has 2 N–H and O–H groups in total. The number of ether oxygens (including phenoxy) is 2. The first kappa shape index (κ1) is 36.5. The maximum Gasteiger partial charge on any atom is 0.410 e. The average molecular weight is 707 g/mol. The molecule has 0 radical (unpaired) electrons. The lowest BCUT2D eigenvalue weighted by Crippen LogP contribution is -2.54. The van der Waals surface area contributed by atoms with Crippen molar-refractivity contribution in [2.75, 3.05) is 52.5 Å². The van der Waals surface area contributed by atoms with Crippen molar-refractivity contribution in [1.29, 1.82) is 0 Å². The predicted octanol–water partition coefficient (Wildman–Crippen LogP) is 3.90. The van der Waals surface area contributed by atoms with Crippen molar-refractivity contribution in [3.05, 3.63) is 0 Å². The maximum atomic E-state index is 12.2. The van der Waals surface area contributed by atoms with Crippen molar-refractivity contribution in [2.24, 2.45) is 10.8 Å². The lowest BCUT2D eigenvalue weighted by molar-refractivity contribution is -0.120. The number of hydrogen-bond acceptors (Lipinski definition) is 8. The predicted molar refractivity (Wildman–Crippen MR) is 186 cm³/mol. The summed E-state index contributed by atoms with van der Waals surface area (Å²) in [5.41, 5.74) is 0.441. The fourth-order valence-electron chi connectivity index (χ4n) is 10.8. The van der Waals surface area contributed by atoms with Crippen LogP contribution in [0, 0.1) is 10.8 Å². The Morgan fingerprint density at radius 2 is 0.939 bits per heavy atom. The Kier molecular flexibility index (Phi) is 11.3. The molecule has 8 fully saturated rings. The summed E-state index contributed by atoms with van der Waals surface area (Å²) in [4.78, 5) is 56.8. The Bertz CT molecular complexity index is 1100. The fraction of sp³-hybridized carbons (Fsp3) is 0.889. The largest absolute Gasteiger partial charge is 0.450 e. The Morgan fingerprint density at radius 3 is 1.20 bits per heavy atom. The summed E-state index contributed by atoms with van der Waals surface area (Å²) < 4.78 is 10.5. The third-order valence-electron chi connectivity index (χ3n) is 13.5. The molecule has 0 aromatic carbocycles. The summed E-state index contributed by atoms with van der Waals surface area (Å²) in [6.45, 7) is 10.8. The Balaban J connectivity index is 0.000000167. The highest BCUT2D eigenvalue weighted by molar-refractivity contribution is 5.85. The molecule has 4 amide bonds. The van der Waals surface area contributed by atoms with Crippen LogP contribution in [-0.4, -0.2) is 132 Å². The van der Waals surface area contributed by atoms with Gasteiger partial charge in [0.1, 0.15) is 0 Å². The molecule has 49 heavy (non-hydrogen) atoms. The van der Waals surface area contributed by atoms with Crippen LogP contribution in [0.1, 0.15) is 104 Å². The zero-order valence-corrected chi connectivity index (χ0v) is 30.5. The summed E-state index contributed by atoms with van der Waals surface area (Å²) in [6.07, 6.45) is 14.5. The second-order valence-electron chi connectivity index (χ2n) is 16.2. The molecule has 8 aliphatic rings. The molecule has 8 heterocycles. The molecule has 0 aromatic heterocycles. The molecule has 4 bridgehead atoms. The molecule has 12 nitrogen and oxygen atoms in total. The highest BCUT2D eigenvalue weighted by Crippen LogP contribution is 2.44. The summed E-state index contributed by atoms with van der Waals surface area (Å²) in [6, 6.07) is 2.62. The van der Waals surface area contributed by atoms with Gasteiger partial charge in [0.25, 0.3) is 0 Å². The maximum absolute atomic E-state index is 12.2. The number of nitrogens with one attached hydrogen (secondary N) is 2. The zero-order valence-electron chi connectivity index (χ0n) is 29.7. The minimum atomic E-state index is -0.114. The van der Waals surface area contributed by atoms with Gasteiger partial charge in [0, 0.05) is 62.2 Å². The number of carbonyl (C=O) groups excluding carboxylic acids is 4. The van der Waals surface area contributed by atoms with Crippen LogP contribution in [-0.2, 0) is 19.1 Å². The molecular formula is C36H59ClN6O6. The van der Waals surface area contributed by atoms with Gasteiger partial charge >= 0.3 is 12.2 Å². The Hall–Kier alpha value is -2.31. The highest BCUT2D eigenvalue weighted by atomic mass is 35.5. The topological polar surface area (TPSA) is 124 Å². The number of carbonyl (C=O) groups is 4. The van der Waals surface area contributed by atoms with Crippen molar-refractivity contribution in [1.82, 2.24) is 30.2 Å². The Labute approximate surface area is 298 Å². The van der Waals surface area contributed by atoms with Crippen LogP contribution in [0.25, 0.3) is 0 Å². The second-order valence-corrected chi connectivity index (χ2v) is 16.2. The number of likely N-dealkylation sites (tertiary alicyclic amines) is 2. The van der Waals surface area contributed by atoms with Gasteiger partial charge in [-0.15, -0.1) is 12.4 Å². The van der Waals surface area contributed by atoms with E-state index >= 15 is 0 Å². The van der Waals surface area contributed by atoms with Crippen molar-refractivity contribution in [2.45, 2.75) is 140 Å². The van der Waals surface area contributed by atoms with Crippen LogP contribution in [0.15, 0.2) is 0 Å². The fourth-order valence-corrected chi connectivity index (χ4v) is 10.8. The van der Waals surface area contributed by atoms with Crippen LogP contribution in [0.3, 0.4) is 0 Å². The number of fused-ring (bicyclic) bond motifs is 4. The standard InChI is InChI=1S/2C18H29N3O3.ClH/c2*1-2-24-17(23)21-13-3-4-14(21)10-15(9-13)20-7-5-18(6-8-20)11-16(22)19-12-18;/h2*13-15H,2-12H2,1H3,(H,19,22);1H/t2*13-,14+,15?;. The number of halogens is 1. The van der Waals surface area contributed by atoms with Gasteiger partial charge < -0.3 is 39.7 Å². The molecule has 13 heteroatoms. The van der Waals surface area contributed by atoms with Crippen molar-refractivity contribution in [3.63, 3.8) is 0 Å². The van der Waals surface area contributed by atoms with E-state index in [1.54, 1.807) is 0 Å².